The van der Waals surface area contributed by atoms with Crippen LogP contribution in [0.5, 0.6) is 0 Å². The molecule has 0 amide bonds. The van der Waals surface area contributed by atoms with Crippen LogP contribution in [0.25, 0.3) is 0 Å². The highest BCUT2D eigenvalue weighted by Crippen LogP contribution is 2.24. The second kappa shape index (κ2) is 7.37. The lowest BCUT2D eigenvalue weighted by molar-refractivity contribution is 0.584. The molecule has 0 aliphatic carbocycles. The van der Waals surface area contributed by atoms with Crippen LogP contribution in [0.4, 0.5) is 10.1 Å². The molecule has 0 radical (unpaired) electrons. The van der Waals surface area contributed by atoms with Crippen molar-refractivity contribution in [1.29, 1.82) is 0 Å². The predicted octanol–water partition coefficient (Wildman–Crippen LogP) is 3.56. The summed E-state index contributed by atoms with van der Waals surface area (Å²) >= 11 is 0. The number of rotatable bonds is 7. The average molecular weight is 252 g/mol. The van der Waals surface area contributed by atoms with E-state index in [1.807, 2.05) is 6.07 Å². The van der Waals surface area contributed by atoms with Crippen LogP contribution in [-0.4, -0.2) is 19.6 Å². The molecule has 0 heterocycles. The van der Waals surface area contributed by atoms with Crippen LogP contribution in [0.2, 0.25) is 0 Å². The smallest absolute Gasteiger partial charge is 0.123 e. The molecular weight excluding hydrogens is 227 g/mol. The van der Waals surface area contributed by atoms with Crippen molar-refractivity contribution in [2.24, 2.45) is 0 Å². The van der Waals surface area contributed by atoms with Gasteiger partial charge in [-0.3, -0.25) is 0 Å². The fraction of sp³-hybridized carbons (Fsp3) is 0.600. The fourth-order valence-electron chi connectivity index (χ4n) is 2.33. The maximum atomic E-state index is 13.4. The van der Waals surface area contributed by atoms with E-state index in [9.17, 15) is 4.39 Å². The largest absolute Gasteiger partial charge is 0.371 e. The van der Waals surface area contributed by atoms with E-state index in [1.165, 1.54) is 0 Å². The number of nitrogens with one attached hydrogen (secondary N) is 1. The van der Waals surface area contributed by atoms with Crippen LogP contribution < -0.4 is 10.2 Å². The Balaban J connectivity index is 2.98. The van der Waals surface area contributed by atoms with Gasteiger partial charge in [-0.05, 0) is 43.1 Å². The predicted molar refractivity (Wildman–Crippen MR) is 76.6 cm³/mol. The molecule has 1 aromatic carbocycles. The monoisotopic (exact) mass is 252 g/mol. The Morgan fingerprint density at radius 1 is 1.22 bits per heavy atom. The molecule has 0 bridgehead atoms. The Morgan fingerprint density at radius 3 is 2.44 bits per heavy atom. The lowest BCUT2D eigenvalue weighted by Crippen LogP contribution is -2.31. The summed E-state index contributed by atoms with van der Waals surface area (Å²) in [6.07, 6.45) is 2.20. The molecule has 0 fully saturated rings. The number of hydrogen-bond acceptors (Lipinski definition) is 2. The average Bonchev–Trinajstić information content (AvgIpc) is 2.37. The van der Waals surface area contributed by atoms with Crippen molar-refractivity contribution >= 4 is 5.69 Å². The van der Waals surface area contributed by atoms with Gasteiger partial charge in [-0.2, -0.15) is 0 Å². The van der Waals surface area contributed by atoms with Gasteiger partial charge in [-0.25, -0.2) is 4.39 Å². The summed E-state index contributed by atoms with van der Waals surface area (Å²) in [4.78, 5) is 2.27. The second-order valence-corrected chi connectivity index (χ2v) is 4.63. The van der Waals surface area contributed by atoms with Crippen LogP contribution in [0.1, 0.15) is 39.2 Å². The van der Waals surface area contributed by atoms with Gasteiger partial charge in [0.25, 0.3) is 0 Å². The SMILES string of the molecule is CCNCc1cc(F)ccc1N(C)C(CC)CC. The van der Waals surface area contributed by atoms with Crippen molar-refractivity contribution in [3.63, 3.8) is 0 Å². The van der Waals surface area contributed by atoms with E-state index in [-0.39, 0.29) is 5.82 Å². The Hall–Kier alpha value is -1.09. The quantitative estimate of drug-likeness (QED) is 0.798. The Morgan fingerprint density at radius 2 is 1.89 bits per heavy atom. The standard InChI is InChI=1S/C15H25FN2/c1-5-14(6-2)18(4)15-9-8-13(16)10-12(15)11-17-7-3/h8-10,14,17H,5-7,11H2,1-4H3. The Bertz CT molecular complexity index is 362. The zero-order chi connectivity index (χ0) is 13.5. The molecule has 1 N–H and O–H groups in total. The molecule has 0 spiro atoms. The Labute approximate surface area is 110 Å². The summed E-state index contributed by atoms with van der Waals surface area (Å²) in [6, 6.07) is 5.58. The third-order valence-electron chi connectivity index (χ3n) is 3.48. The normalized spacial score (nSPS) is 11.0. The molecule has 0 aromatic heterocycles. The summed E-state index contributed by atoms with van der Waals surface area (Å²) in [7, 11) is 2.10. The van der Waals surface area contributed by atoms with Gasteiger partial charge in [-0.15, -0.1) is 0 Å². The number of halogens is 1. The minimum atomic E-state index is -0.162. The van der Waals surface area contributed by atoms with Gasteiger partial charge < -0.3 is 10.2 Å². The van der Waals surface area contributed by atoms with E-state index in [2.05, 4.69) is 38.0 Å². The summed E-state index contributed by atoms with van der Waals surface area (Å²) < 4.78 is 13.4. The van der Waals surface area contributed by atoms with Crippen LogP contribution in [0, 0.1) is 5.82 Å². The highest BCUT2D eigenvalue weighted by Gasteiger charge is 2.14. The first kappa shape index (κ1) is 15.0. The zero-order valence-electron chi connectivity index (χ0n) is 12.0. The van der Waals surface area contributed by atoms with Crippen molar-refractivity contribution in [2.45, 2.75) is 46.2 Å². The number of anilines is 1. The van der Waals surface area contributed by atoms with E-state index < -0.39 is 0 Å². The van der Waals surface area contributed by atoms with Gasteiger partial charge in [0.05, 0.1) is 0 Å². The molecule has 18 heavy (non-hydrogen) atoms. The van der Waals surface area contributed by atoms with Crippen molar-refractivity contribution in [3.8, 4) is 0 Å². The molecule has 1 rings (SSSR count). The first-order chi connectivity index (χ1) is 8.63. The number of benzene rings is 1. The fourth-order valence-corrected chi connectivity index (χ4v) is 2.33. The molecule has 0 saturated heterocycles. The minimum Gasteiger partial charge on any atom is -0.371 e. The van der Waals surface area contributed by atoms with E-state index in [4.69, 9.17) is 0 Å². The van der Waals surface area contributed by atoms with Gasteiger partial charge in [0.15, 0.2) is 0 Å². The maximum absolute atomic E-state index is 13.4. The third-order valence-corrected chi connectivity index (χ3v) is 3.48. The summed E-state index contributed by atoms with van der Waals surface area (Å²) in [5, 5.41) is 3.27. The summed E-state index contributed by atoms with van der Waals surface area (Å²) in [6.45, 7) is 8.05. The van der Waals surface area contributed by atoms with E-state index in [1.54, 1.807) is 12.1 Å². The minimum absolute atomic E-state index is 0.162. The molecule has 0 unspecified atom stereocenters. The van der Waals surface area contributed by atoms with Gasteiger partial charge >= 0.3 is 0 Å². The molecular formula is C15H25FN2. The van der Waals surface area contributed by atoms with Crippen molar-refractivity contribution in [3.05, 3.63) is 29.6 Å². The van der Waals surface area contributed by atoms with Crippen molar-refractivity contribution < 1.29 is 4.39 Å². The van der Waals surface area contributed by atoms with E-state index in [0.717, 1.165) is 30.6 Å². The molecule has 2 nitrogen and oxygen atoms in total. The first-order valence-corrected chi connectivity index (χ1v) is 6.85. The lowest BCUT2D eigenvalue weighted by Gasteiger charge is -2.30. The molecule has 0 atom stereocenters. The van der Waals surface area contributed by atoms with Gasteiger partial charge in [0.2, 0.25) is 0 Å². The van der Waals surface area contributed by atoms with E-state index in [0.29, 0.717) is 12.6 Å². The lowest BCUT2D eigenvalue weighted by atomic mass is 10.1. The van der Waals surface area contributed by atoms with Crippen molar-refractivity contribution in [2.75, 3.05) is 18.5 Å². The summed E-state index contributed by atoms with van der Waals surface area (Å²) in [5.74, 6) is -0.162. The molecule has 0 aliphatic rings. The molecule has 102 valence electrons. The first-order valence-electron chi connectivity index (χ1n) is 6.85. The van der Waals surface area contributed by atoms with Crippen LogP contribution in [0.3, 0.4) is 0 Å². The van der Waals surface area contributed by atoms with Crippen LogP contribution >= 0.6 is 0 Å². The van der Waals surface area contributed by atoms with Gasteiger partial charge in [-0.1, -0.05) is 20.8 Å². The number of hydrogen-bond donors (Lipinski definition) is 1. The molecule has 3 heteroatoms. The Kier molecular flexibility index (Phi) is 6.13. The molecule has 0 saturated carbocycles. The van der Waals surface area contributed by atoms with Crippen LogP contribution in [-0.2, 0) is 6.54 Å². The molecule has 1 aromatic rings. The highest BCUT2D eigenvalue weighted by atomic mass is 19.1. The number of nitrogens with zero attached hydrogens (tertiary/aromatic N) is 1. The van der Waals surface area contributed by atoms with E-state index >= 15 is 0 Å². The molecule has 0 aliphatic heterocycles. The van der Waals surface area contributed by atoms with Gasteiger partial charge in [0.1, 0.15) is 5.82 Å². The third kappa shape index (κ3) is 3.70. The summed E-state index contributed by atoms with van der Waals surface area (Å²) in [5.41, 5.74) is 2.16. The highest BCUT2D eigenvalue weighted by molar-refractivity contribution is 5.54. The zero-order valence-corrected chi connectivity index (χ0v) is 12.0. The topological polar surface area (TPSA) is 15.3 Å². The van der Waals surface area contributed by atoms with Crippen molar-refractivity contribution in [1.82, 2.24) is 5.32 Å². The van der Waals surface area contributed by atoms with Gasteiger partial charge in [0, 0.05) is 25.3 Å². The van der Waals surface area contributed by atoms with Crippen LogP contribution in [0.15, 0.2) is 18.2 Å². The second-order valence-electron chi connectivity index (χ2n) is 4.63. The maximum Gasteiger partial charge on any atom is 0.123 e.